The highest BCUT2D eigenvalue weighted by Crippen LogP contribution is 2.33. The number of nitrogens with zero attached hydrogens (tertiary/aromatic N) is 1. The van der Waals surface area contributed by atoms with E-state index in [0.717, 1.165) is 5.56 Å². The van der Waals surface area contributed by atoms with Crippen molar-refractivity contribution in [3.63, 3.8) is 0 Å². The van der Waals surface area contributed by atoms with E-state index in [4.69, 9.17) is 4.74 Å². The lowest BCUT2D eigenvalue weighted by Crippen LogP contribution is -1.97. The number of ether oxygens (including phenoxy) is 1. The lowest BCUT2D eigenvalue weighted by molar-refractivity contribution is 0.344. The van der Waals surface area contributed by atoms with Gasteiger partial charge in [0.1, 0.15) is 11.3 Å². The minimum atomic E-state index is -0.369. The van der Waals surface area contributed by atoms with Crippen molar-refractivity contribution >= 4 is 26.8 Å². The molecule has 21 heavy (non-hydrogen) atoms. The molecule has 0 spiro atoms. The van der Waals surface area contributed by atoms with Gasteiger partial charge in [-0.15, -0.1) is 0 Å². The molecule has 0 amide bonds. The quantitative estimate of drug-likeness (QED) is 0.650. The maximum Gasteiger partial charge on any atom is 0.163 e. The Bertz CT molecular complexity index is 790. The molecule has 0 radical (unpaired) electrons. The minimum Gasteiger partial charge on any atom is -0.493 e. The Kier molecular flexibility index (Phi) is 3.88. The molecule has 0 saturated heterocycles. The van der Waals surface area contributed by atoms with E-state index in [2.05, 4.69) is 20.9 Å². The normalized spacial score (nSPS) is 10.8. The zero-order valence-electron chi connectivity index (χ0n) is 11.4. The molecule has 0 aliphatic heterocycles. The second-order valence-electron chi connectivity index (χ2n) is 4.56. The van der Waals surface area contributed by atoms with E-state index in [0.29, 0.717) is 33.4 Å². The molecule has 0 bridgehead atoms. The first-order chi connectivity index (χ1) is 10.2. The van der Waals surface area contributed by atoms with Crippen LogP contribution in [0.1, 0.15) is 6.92 Å². The van der Waals surface area contributed by atoms with Gasteiger partial charge in [0.2, 0.25) is 0 Å². The topological polar surface area (TPSA) is 22.1 Å². The molecule has 0 atom stereocenters. The smallest absolute Gasteiger partial charge is 0.163 e. The molecule has 0 N–H and O–H groups in total. The Morgan fingerprint density at radius 3 is 2.62 bits per heavy atom. The molecular formula is C17H13BrFNO. The highest BCUT2D eigenvalue weighted by Gasteiger charge is 2.13. The predicted octanol–water partition coefficient (Wildman–Crippen LogP) is 5.20. The Hall–Kier alpha value is -1.94. The summed E-state index contributed by atoms with van der Waals surface area (Å²) in [5.41, 5.74) is 1.94. The number of hydrogen-bond acceptors (Lipinski definition) is 2. The third-order valence-electron chi connectivity index (χ3n) is 3.20. The van der Waals surface area contributed by atoms with Gasteiger partial charge in [-0.25, -0.2) is 9.37 Å². The van der Waals surface area contributed by atoms with Gasteiger partial charge in [0.25, 0.3) is 0 Å². The summed E-state index contributed by atoms with van der Waals surface area (Å²) in [6, 6.07) is 15.0. The van der Waals surface area contributed by atoms with Crippen LogP contribution in [0.5, 0.6) is 5.75 Å². The summed E-state index contributed by atoms with van der Waals surface area (Å²) < 4.78 is 20.4. The number of halogens is 2. The maximum atomic E-state index is 14.3. The highest BCUT2D eigenvalue weighted by molar-refractivity contribution is 9.10. The Labute approximate surface area is 130 Å². The van der Waals surface area contributed by atoms with E-state index >= 15 is 0 Å². The molecule has 1 heterocycles. The number of hydrogen-bond donors (Lipinski definition) is 0. The summed E-state index contributed by atoms with van der Waals surface area (Å²) in [6.07, 6.45) is 0. The summed E-state index contributed by atoms with van der Waals surface area (Å²) >= 11 is 3.20. The Morgan fingerprint density at radius 1 is 1.14 bits per heavy atom. The van der Waals surface area contributed by atoms with Gasteiger partial charge in [-0.3, -0.25) is 0 Å². The van der Waals surface area contributed by atoms with E-state index in [1.54, 1.807) is 6.07 Å². The summed E-state index contributed by atoms with van der Waals surface area (Å²) in [4.78, 5) is 4.46. The van der Waals surface area contributed by atoms with E-state index in [-0.39, 0.29) is 5.82 Å². The second-order valence-corrected chi connectivity index (χ2v) is 5.42. The highest BCUT2D eigenvalue weighted by atomic mass is 79.9. The van der Waals surface area contributed by atoms with Gasteiger partial charge in [-0.05, 0) is 35.0 Å². The molecular weight excluding hydrogens is 333 g/mol. The summed E-state index contributed by atoms with van der Waals surface area (Å²) in [5.74, 6) is 0.277. The fourth-order valence-corrected chi connectivity index (χ4v) is 2.55. The molecule has 0 unspecified atom stereocenters. The molecule has 2 aromatic carbocycles. The molecule has 106 valence electrons. The van der Waals surface area contributed by atoms with Crippen molar-refractivity contribution < 1.29 is 9.13 Å². The monoisotopic (exact) mass is 345 g/mol. The predicted molar refractivity (Wildman–Crippen MR) is 86.0 cm³/mol. The molecule has 0 saturated carbocycles. The van der Waals surface area contributed by atoms with Crippen molar-refractivity contribution in [3.05, 3.63) is 58.8 Å². The number of pyridine rings is 1. The van der Waals surface area contributed by atoms with Crippen molar-refractivity contribution in [3.8, 4) is 17.0 Å². The van der Waals surface area contributed by atoms with Gasteiger partial charge in [-0.1, -0.05) is 30.3 Å². The van der Waals surface area contributed by atoms with Gasteiger partial charge in [0, 0.05) is 17.0 Å². The van der Waals surface area contributed by atoms with Gasteiger partial charge in [0.05, 0.1) is 16.8 Å². The first-order valence-electron chi connectivity index (χ1n) is 6.67. The lowest BCUT2D eigenvalue weighted by Gasteiger charge is -2.11. The van der Waals surface area contributed by atoms with Crippen LogP contribution in [0.3, 0.4) is 0 Å². The fraction of sp³-hybridized carbons (Fsp3) is 0.118. The van der Waals surface area contributed by atoms with Gasteiger partial charge >= 0.3 is 0 Å². The van der Waals surface area contributed by atoms with Crippen molar-refractivity contribution in [2.75, 3.05) is 6.61 Å². The van der Waals surface area contributed by atoms with Crippen LogP contribution in [0.15, 0.2) is 53.0 Å². The number of aromatic nitrogens is 1. The first-order valence-corrected chi connectivity index (χ1v) is 7.47. The maximum absolute atomic E-state index is 14.3. The third kappa shape index (κ3) is 2.63. The molecule has 1 aromatic heterocycles. The molecule has 2 nitrogen and oxygen atoms in total. The molecule has 3 aromatic rings. The van der Waals surface area contributed by atoms with E-state index in [1.807, 2.05) is 49.4 Å². The molecule has 3 rings (SSSR count). The average Bonchev–Trinajstić information content (AvgIpc) is 2.52. The van der Waals surface area contributed by atoms with Crippen LogP contribution in [-0.4, -0.2) is 11.6 Å². The van der Waals surface area contributed by atoms with Crippen LogP contribution in [-0.2, 0) is 0 Å². The summed E-state index contributed by atoms with van der Waals surface area (Å²) in [7, 11) is 0. The fourth-order valence-electron chi connectivity index (χ4n) is 2.23. The zero-order chi connectivity index (χ0) is 14.8. The minimum absolute atomic E-state index is 0.314. The van der Waals surface area contributed by atoms with Crippen LogP contribution in [0.2, 0.25) is 0 Å². The molecule has 0 aliphatic carbocycles. The van der Waals surface area contributed by atoms with Crippen LogP contribution in [0.4, 0.5) is 4.39 Å². The standard InChI is InChI=1S/C17H13BrFNO/c1-2-21-15-10-14(11-6-4-3-5-7-11)20-17-12(15)8-9-13(18)16(17)19/h3-10H,2H2,1H3. The second kappa shape index (κ2) is 5.82. The average molecular weight is 346 g/mol. The van der Waals surface area contributed by atoms with E-state index < -0.39 is 0 Å². The van der Waals surface area contributed by atoms with Crippen LogP contribution in [0.25, 0.3) is 22.2 Å². The SMILES string of the molecule is CCOc1cc(-c2ccccc2)nc2c(F)c(Br)ccc12. The van der Waals surface area contributed by atoms with E-state index in [1.165, 1.54) is 0 Å². The molecule has 0 aliphatic rings. The number of fused-ring (bicyclic) bond motifs is 1. The zero-order valence-corrected chi connectivity index (χ0v) is 13.0. The molecule has 4 heteroatoms. The van der Waals surface area contributed by atoms with Gasteiger partial charge < -0.3 is 4.74 Å². The lowest BCUT2D eigenvalue weighted by atomic mass is 10.1. The number of rotatable bonds is 3. The first kappa shape index (κ1) is 14.0. The van der Waals surface area contributed by atoms with Crippen LogP contribution in [0, 0.1) is 5.82 Å². The Morgan fingerprint density at radius 2 is 1.90 bits per heavy atom. The van der Waals surface area contributed by atoms with Crippen molar-refractivity contribution in [2.24, 2.45) is 0 Å². The van der Waals surface area contributed by atoms with Gasteiger partial charge in [-0.2, -0.15) is 0 Å². The van der Waals surface area contributed by atoms with Crippen LogP contribution >= 0.6 is 15.9 Å². The van der Waals surface area contributed by atoms with Gasteiger partial charge in [0.15, 0.2) is 5.82 Å². The number of benzene rings is 2. The third-order valence-corrected chi connectivity index (χ3v) is 3.82. The van der Waals surface area contributed by atoms with Crippen LogP contribution < -0.4 is 4.74 Å². The van der Waals surface area contributed by atoms with Crippen molar-refractivity contribution in [1.29, 1.82) is 0 Å². The largest absolute Gasteiger partial charge is 0.493 e. The van der Waals surface area contributed by atoms with Crippen molar-refractivity contribution in [1.82, 2.24) is 4.98 Å². The van der Waals surface area contributed by atoms with E-state index in [9.17, 15) is 4.39 Å². The van der Waals surface area contributed by atoms with Crippen molar-refractivity contribution in [2.45, 2.75) is 6.92 Å². The molecule has 0 fully saturated rings. The summed E-state index contributed by atoms with van der Waals surface area (Å²) in [6.45, 7) is 2.43. The summed E-state index contributed by atoms with van der Waals surface area (Å²) in [5, 5.41) is 0.678. The Balaban J connectivity index is 2.30.